The first-order chi connectivity index (χ1) is 10.9. The number of carbonyl (C=O) groups is 2. The number of nitrogen functional groups attached to an aromatic ring is 2. The zero-order chi connectivity index (χ0) is 17.0. The standard InChI is InChI=1S/C17H22N2O4/c1-10(2)16(20)22-12-4-6-13(7-5-12)23-17(21)14-9-11(18)3-8-15(14)19/h3,8-9,12-13H,1,4-7,18-19H2,2H3. The third-order valence-corrected chi connectivity index (χ3v) is 3.81. The van der Waals surface area contributed by atoms with Crippen LogP contribution in [0.3, 0.4) is 0 Å². The van der Waals surface area contributed by atoms with Crippen LogP contribution in [0.25, 0.3) is 0 Å². The molecule has 124 valence electrons. The molecule has 0 radical (unpaired) electrons. The van der Waals surface area contributed by atoms with E-state index in [2.05, 4.69) is 6.58 Å². The molecule has 2 rings (SSSR count). The topological polar surface area (TPSA) is 105 Å². The molecule has 4 N–H and O–H groups in total. The average Bonchev–Trinajstić information content (AvgIpc) is 2.51. The normalized spacial score (nSPS) is 20.6. The SMILES string of the molecule is C=C(C)C(=O)OC1CCC(OC(=O)c2cc(N)ccc2N)CC1. The summed E-state index contributed by atoms with van der Waals surface area (Å²) in [7, 11) is 0. The molecule has 0 spiro atoms. The van der Waals surface area contributed by atoms with Gasteiger partial charge in [0.05, 0.1) is 5.56 Å². The van der Waals surface area contributed by atoms with Gasteiger partial charge in [0.25, 0.3) is 0 Å². The number of carbonyl (C=O) groups excluding carboxylic acids is 2. The lowest BCUT2D eigenvalue weighted by Gasteiger charge is -2.28. The fourth-order valence-electron chi connectivity index (χ4n) is 2.49. The van der Waals surface area contributed by atoms with E-state index in [0.29, 0.717) is 42.6 Å². The minimum Gasteiger partial charge on any atom is -0.459 e. The first-order valence-electron chi connectivity index (χ1n) is 7.59. The number of anilines is 2. The van der Waals surface area contributed by atoms with Gasteiger partial charge < -0.3 is 20.9 Å². The molecule has 0 atom stereocenters. The fourth-order valence-corrected chi connectivity index (χ4v) is 2.49. The molecule has 1 aromatic rings. The summed E-state index contributed by atoms with van der Waals surface area (Å²) in [5, 5.41) is 0. The van der Waals surface area contributed by atoms with Crippen LogP contribution in [-0.2, 0) is 14.3 Å². The second-order valence-corrected chi connectivity index (χ2v) is 5.84. The lowest BCUT2D eigenvalue weighted by atomic mass is 9.95. The lowest BCUT2D eigenvalue weighted by Crippen LogP contribution is -2.30. The van der Waals surface area contributed by atoms with Crippen molar-refractivity contribution < 1.29 is 19.1 Å². The number of hydrogen-bond acceptors (Lipinski definition) is 6. The van der Waals surface area contributed by atoms with Gasteiger partial charge in [-0.2, -0.15) is 0 Å². The van der Waals surface area contributed by atoms with Gasteiger partial charge in [-0.25, -0.2) is 9.59 Å². The van der Waals surface area contributed by atoms with Crippen LogP contribution in [0.2, 0.25) is 0 Å². The molecule has 0 amide bonds. The Morgan fingerprint density at radius 2 is 1.65 bits per heavy atom. The molecule has 1 aromatic carbocycles. The van der Waals surface area contributed by atoms with Crippen molar-refractivity contribution >= 4 is 23.3 Å². The van der Waals surface area contributed by atoms with Gasteiger partial charge in [-0.1, -0.05) is 6.58 Å². The maximum Gasteiger partial charge on any atom is 0.340 e. The van der Waals surface area contributed by atoms with Crippen LogP contribution in [-0.4, -0.2) is 24.1 Å². The molecule has 1 fully saturated rings. The molecular formula is C17H22N2O4. The minimum absolute atomic E-state index is 0.147. The summed E-state index contributed by atoms with van der Waals surface area (Å²) < 4.78 is 10.8. The van der Waals surface area contributed by atoms with Crippen molar-refractivity contribution in [3.8, 4) is 0 Å². The first kappa shape index (κ1) is 16.9. The number of hydrogen-bond donors (Lipinski definition) is 2. The summed E-state index contributed by atoms with van der Waals surface area (Å²) in [6.07, 6.45) is 2.24. The fraction of sp³-hybridized carbons (Fsp3) is 0.412. The predicted molar refractivity (Wildman–Crippen MR) is 87.6 cm³/mol. The summed E-state index contributed by atoms with van der Waals surface area (Å²) in [4.78, 5) is 23.7. The smallest absolute Gasteiger partial charge is 0.340 e. The second-order valence-electron chi connectivity index (χ2n) is 5.84. The summed E-state index contributed by atoms with van der Waals surface area (Å²) >= 11 is 0. The van der Waals surface area contributed by atoms with E-state index < -0.39 is 5.97 Å². The van der Waals surface area contributed by atoms with Crippen LogP contribution in [0.1, 0.15) is 43.0 Å². The highest BCUT2D eigenvalue weighted by atomic mass is 16.6. The van der Waals surface area contributed by atoms with Gasteiger partial charge in [0.15, 0.2) is 0 Å². The third-order valence-electron chi connectivity index (χ3n) is 3.81. The zero-order valence-electron chi connectivity index (χ0n) is 13.2. The van der Waals surface area contributed by atoms with Gasteiger partial charge in [-0.05, 0) is 50.8 Å². The van der Waals surface area contributed by atoms with Crippen molar-refractivity contribution in [2.45, 2.75) is 44.8 Å². The number of esters is 2. The van der Waals surface area contributed by atoms with Crippen LogP contribution in [0.4, 0.5) is 11.4 Å². The Balaban J connectivity index is 1.86. The quantitative estimate of drug-likeness (QED) is 0.502. The van der Waals surface area contributed by atoms with Crippen molar-refractivity contribution in [2.75, 3.05) is 11.5 Å². The molecule has 6 nitrogen and oxygen atoms in total. The molecule has 1 aliphatic rings. The molecule has 0 bridgehead atoms. The van der Waals surface area contributed by atoms with E-state index in [4.69, 9.17) is 20.9 Å². The molecule has 0 heterocycles. The van der Waals surface area contributed by atoms with Gasteiger partial charge in [0.1, 0.15) is 12.2 Å². The predicted octanol–water partition coefficient (Wildman–Crippen LogP) is 2.44. The van der Waals surface area contributed by atoms with E-state index in [1.165, 1.54) is 6.07 Å². The Labute approximate surface area is 135 Å². The van der Waals surface area contributed by atoms with Crippen molar-refractivity contribution in [3.63, 3.8) is 0 Å². The lowest BCUT2D eigenvalue weighted by molar-refractivity contribution is -0.146. The molecule has 0 unspecified atom stereocenters. The van der Waals surface area contributed by atoms with E-state index >= 15 is 0 Å². The number of nitrogens with two attached hydrogens (primary N) is 2. The van der Waals surface area contributed by atoms with Crippen LogP contribution in [0, 0.1) is 0 Å². The highest BCUT2D eigenvalue weighted by Gasteiger charge is 2.27. The van der Waals surface area contributed by atoms with Gasteiger partial charge >= 0.3 is 11.9 Å². The number of rotatable bonds is 4. The monoisotopic (exact) mass is 318 g/mol. The summed E-state index contributed by atoms with van der Waals surface area (Å²) in [5.74, 6) is -0.852. The van der Waals surface area contributed by atoms with E-state index in [0.717, 1.165) is 0 Å². The number of ether oxygens (including phenoxy) is 2. The summed E-state index contributed by atoms with van der Waals surface area (Å²) in [5.41, 5.74) is 12.9. The molecule has 0 aromatic heterocycles. The Morgan fingerprint density at radius 1 is 1.09 bits per heavy atom. The molecule has 0 saturated heterocycles. The van der Waals surface area contributed by atoms with E-state index in [9.17, 15) is 9.59 Å². The molecule has 1 saturated carbocycles. The number of benzene rings is 1. The average molecular weight is 318 g/mol. The van der Waals surface area contributed by atoms with Crippen molar-refractivity contribution in [3.05, 3.63) is 35.9 Å². The van der Waals surface area contributed by atoms with E-state index in [-0.39, 0.29) is 23.7 Å². The molecule has 6 heteroatoms. The second kappa shape index (κ2) is 7.17. The molecule has 23 heavy (non-hydrogen) atoms. The maximum absolute atomic E-state index is 12.2. The van der Waals surface area contributed by atoms with Crippen molar-refractivity contribution in [1.82, 2.24) is 0 Å². The largest absolute Gasteiger partial charge is 0.459 e. The highest BCUT2D eigenvalue weighted by molar-refractivity contribution is 5.96. The highest BCUT2D eigenvalue weighted by Crippen LogP contribution is 2.26. The Hall–Kier alpha value is -2.50. The summed E-state index contributed by atoms with van der Waals surface area (Å²) in [6.45, 7) is 5.17. The summed E-state index contributed by atoms with van der Waals surface area (Å²) in [6, 6.07) is 4.73. The maximum atomic E-state index is 12.2. The van der Waals surface area contributed by atoms with Crippen molar-refractivity contribution in [2.24, 2.45) is 0 Å². The van der Waals surface area contributed by atoms with Crippen LogP contribution in [0.5, 0.6) is 0 Å². The van der Waals surface area contributed by atoms with Gasteiger partial charge in [-0.3, -0.25) is 0 Å². The third kappa shape index (κ3) is 4.48. The Bertz CT molecular complexity index is 619. The van der Waals surface area contributed by atoms with E-state index in [1.54, 1.807) is 19.1 Å². The molecular weight excluding hydrogens is 296 g/mol. The Morgan fingerprint density at radius 3 is 2.22 bits per heavy atom. The minimum atomic E-state index is -0.475. The molecule has 0 aliphatic heterocycles. The van der Waals surface area contributed by atoms with Gasteiger partial charge in [-0.15, -0.1) is 0 Å². The van der Waals surface area contributed by atoms with E-state index in [1.807, 2.05) is 0 Å². The van der Waals surface area contributed by atoms with Crippen LogP contribution < -0.4 is 11.5 Å². The molecule has 1 aliphatic carbocycles. The van der Waals surface area contributed by atoms with Crippen molar-refractivity contribution in [1.29, 1.82) is 0 Å². The van der Waals surface area contributed by atoms with Gasteiger partial charge in [0, 0.05) is 16.9 Å². The first-order valence-corrected chi connectivity index (χ1v) is 7.59. The van der Waals surface area contributed by atoms with Gasteiger partial charge in [0.2, 0.25) is 0 Å². The van der Waals surface area contributed by atoms with Crippen LogP contribution in [0.15, 0.2) is 30.4 Å². The zero-order valence-corrected chi connectivity index (χ0v) is 13.2. The van der Waals surface area contributed by atoms with Crippen LogP contribution >= 0.6 is 0 Å². The Kier molecular flexibility index (Phi) is 5.26.